The zero-order chi connectivity index (χ0) is 9.26. The summed E-state index contributed by atoms with van der Waals surface area (Å²) in [6.07, 6.45) is 6.54. The highest BCUT2D eigenvalue weighted by atomic mass is 16.4. The molecule has 4 heteroatoms. The smallest absolute Gasteiger partial charge is 0.306 e. The summed E-state index contributed by atoms with van der Waals surface area (Å²) in [6.45, 7) is 0. The van der Waals surface area contributed by atoms with Gasteiger partial charge in [0, 0.05) is 12.4 Å². The van der Waals surface area contributed by atoms with Crippen molar-refractivity contribution in [2.75, 3.05) is 0 Å². The van der Waals surface area contributed by atoms with E-state index in [-0.39, 0.29) is 5.92 Å². The molecule has 1 aliphatic rings. The molecule has 0 aliphatic heterocycles. The van der Waals surface area contributed by atoms with Gasteiger partial charge in [-0.05, 0) is 24.3 Å². The summed E-state index contributed by atoms with van der Waals surface area (Å²) in [7, 11) is 0. The van der Waals surface area contributed by atoms with Gasteiger partial charge < -0.3 is 5.11 Å². The summed E-state index contributed by atoms with van der Waals surface area (Å²) in [5.41, 5.74) is 1.02. The molecule has 0 unspecified atom stereocenters. The van der Waals surface area contributed by atoms with E-state index in [0.717, 1.165) is 18.4 Å². The van der Waals surface area contributed by atoms with Crippen molar-refractivity contribution in [3.8, 4) is 0 Å². The maximum Gasteiger partial charge on any atom is 0.306 e. The standard InChI is InChI=1S/C9H10N2O2/c12-9(13)8-2-7(8)1-6-3-10-5-11-4-6/h3-5,7-8H,1-2H2,(H,12,13)/t7-,8+/m1/s1. The van der Waals surface area contributed by atoms with Crippen molar-refractivity contribution in [1.82, 2.24) is 9.97 Å². The highest BCUT2D eigenvalue weighted by Gasteiger charge is 2.42. The number of carbonyl (C=O) groups is 1. The Balaban J connectivity index is 1.92. The first kappa shape index (κ1) is 8.16. The second-order valence-corrected chi connectivity index (χ2v) is 3.39. The molecule has 1 fully saturated rings. The summed E-state index contributed by atoms with van der Waals surface area (Å²) in [4.78, 5) is 18.3. The highest BCUT2D eigenvalue weighted by molar-refractivity contribution is 5.73. The third-order valence-electron chi connectivity index (χ3n) is 2.35. The summed E-state index contributed by atoms with van der Waals surface area (Å²) >= 11 is 0. The highest BCUT2D eigenvalue weighted by Crippen LogP contribution is 2.40. The fourth-order valence-electron chi connectivity index (χ4n) is 1.51. The molecule has 1 aromatic heterocycles. The van der Waals surface area contributed by atoms with Crippen molar-refractivity contribution in [2.24, 2.45) is 11.8 Å². The van der Waals surface area contributed by atoms with Gasteiger partial charge in [0.2, 0.25) is 0 Å². The van der Waals surface area contributed by atoms with E-state index in [1.54, 1.807) is 12.4 Å². The van der Waals surface area contributed by atoms with E-state index in [2.05, 4.69) is 9.97 Å². The first-order chi connectivity index (χ1) is 6.27. The monoisotopic (exact) mass is 178 g/mol. The topological polar surface area (TPSA) is 63.1 Å². The van der Waals surface area contributed by atoms with Gasteiger partial charge in [0.15, 0.2) is 0 Å². The summed E-state index contributed by atoms with van der Waals surface area (Å²) in [6, 6.07) is 0. The quantitative estimate of drug-likeness (QED) is 0.741. The molecule has 1 saturated carbocycles. The second-order valence-electron chi connectivity index (χ2n) is 3.39. The van der Waals surface area contributed by atoms with Crippen LogP contribution in [0.1, 0.15) is 12.0 Å². The molecular formula is C9H10N2O2. The predicted molar refractivity (Wildman–Crippen MR) is 45.0 cm³/mol. The van der Waals surface area contributed by atoms with Crippen LogP contribution in [-0.2, 0) is 11.2 Å². The molecule has 0 radical (unpaired) electrons. The Kier molecular flexibility index (Phi) is 1.96. The Bertz CT molecular complexity index is 313. The number of hydrogen-bond donors (Lipinski definition) is 1. The van der Waals surface area contributed by atoms with Crippen molar-refractivity contribution in [2.45, 2.75) is 12.8 Å². The minimum absolute atomic E-state index is 0.139. The zero-order valence-corrected chi connectivity index (χ0v) is 7.05. The average molecular weight is 178 g/mol. The number of aliphatic carboxylic acids is 1. The van der Waals surface area contributed by atoms with E-state index in [9.17, 15) is 4.79 Å². The summed E-state index contributed by atoms with van der Waals surface area (Å²) < 4.78 is 0. The van der Waals surface area contributed by atoms with Crippen molar-refractivity contribution in [3.05, 3.63) is 24.3 Å². The summed E-state index contributed by atoms with van der Waals surface area (Å²) in [5, 5.41) is 8.67. The molecular weight excluding hydrogens is 168 g/mol. The van der Waals surface area contributed by atoms with Crippen LogP contribution in [0, 0.1) is 11.8 Å². The van der Waals surface area contributed by atoms with E-state index in [4.69, 9.17) is 5.11 Å². The molecule has 0 amide bonds. The second kappa shape index (κ2) is 3.12. The van der Waals surface area contributed by atoms with Crippen molar-refractivity contribution >= 4 is 5.97 Å². The van der Waals surface area contributed by atoms with Crippen LogP contribution in [0.2, 0.25) is 0 Å². The third kappa shape index (κ3) is 1.83. The largest absolute Gasteiger partial charge is 0.481 e. The van der Waals surface area contributed by atoms with Crippen LogP contribution >= 0.6 is 0 Å². The van der Waals surface area contributed by atoms with E-state index in [1.807, 2.05) is 0 Å². The number of carboxylic acids is 1. The molecule has 2 rings (SSSR count). The van der Waals surface area contributed by atoms with Gasteiger partial charge >= 0.3 is 5.97 Å². The third-order valence-corrected chi connectivity index (χ3v) is 2.35. The number of hydrogen-bond acceptors (Lipinski definition) is 3. The molecule has 0 spiro atoms. The Morgan fingerprint density at radius 1 is 1.54 bits per heavy atom. The SMILES string of the molecule is O=C(O)[C@H]1C[C@H]1Cc1cncnc1. The predicted octanol–water partition coefficient (Wildman–Crippen LogP) is 0.740. The number of carboxylic acid groups (broad SMARTS) is 1. The van der Waals surface area contributed by atoms with Crippen LogP contribution < -0.4 is 0 Å². The zero-order valence-electron chi connectivity index (χ0n) is 7.05. The molecule has 68 valence electrons. The van der Waals surface area contributed by atoms with Gasteiger partial charge in [0.1, 0.15) is 6.33 Å². The van der Waals surface area contributed by atoms with Gasteiger partial charge in [0.05, 0.1) is 5.92 Å². The van der Waals surface area contributed by atoms with Gasteiger partial charge in [-0.3, -0.25) is 4.79 Å². The van der Waals surface area contributed by atoms with Crippen molar-refractivity contribution < 1.29 is 9.90 Å². The Labute approximate surface area is 75.6 Å². The number of aromatic nitrogens is 2. The molecule has 0 aromatic carbocycles. The minimum atomic E-state index is -0.679. The van der Waals surface area contributed by atoms with Crippen molar-refractivity contribution in [3.63, 3.8) is 0 Å². The maximum atomic E-state index is 10.5. The molecule has 1 heterocycles. The van der Waals surface area contributed by atoms with E-state index < -0.39 is 5.97 Å². The normalized spacial score (nSPS) is 25.5. The van der Waals surface area contributed by atoms with Gasteiger partial charge in [-0.1, -0.05) is 0 Å². The molecule has 1 aliphatic carbocycles. The number of rotatable bonds is 3. The Hall–Kier alpha value is -1.45. The summed E-state index contributed by atoms with van der Waals surface area (Å²) in [5.74, 6) is -0.523. The van der Waals surface area contributed by atoms with E-state index >= 15 is 0 Å². The molecule has 13 heavy (non-hydrogen) atoms. The molecule has 0 saturated heterocycles. The van der Waals surface area contributed by atoms with Crippen LogP contribution in [0.3, 0.4) is 0 Å². The van der Waals surface area contributed by atoms with E-state index in [1.165, 1.54) is 6.33 Å². The van der Waals surface area contributed by atoms with Gasteiger partial charge in [-0.25, -0.2) is 9.97 Å². The molecule has 1 aromatic rings. The first-order valence-corrected chi connectivity index (χ1v) is 4.24. The van der Waals surface area contributed by atoms with Crippen LogP contribution in [0.15, 0.2) is 18.7 Å². The van der Waals surface area contributed by atoms with Crippen LogP contribution in [0.5, 0.6) is 0 Å². The van der Waals surface area contributed by atoms with Crippen LogP contribution in [0.4, 0.5) is 0 Å². The lowest BCUT2D eigenvalue weighted by atomic mass is 10.1. The Morgan fingerprint density at radius 3 is 2.77 bits per heavy atom. The lowest BCUT2D eigenvalue weighted by molar-refractivity contribution is -0.138. The molecule has 0 bridgehead atoms. The van der Waals surface area contributed by atoms with Gasteiger partial charge in [0.25, 0.3) is 0 Å². The minimum Gasteiger partial charge on any atom is -0.481 e. The molecule has 4 nitrogen and oxygen atoms in total. The maximum absolute atomic E-state index is 10.5. The fraction of sp³-hybridized carbons (Fsp3) is 0.444. The lowest BCUT2D eigenvalue weighted by Gasteiger charge is -1.96. The average Bonchev–Trinajstić information content (AvgIpc) is 2.86. The first-order valence-electron chi connectivity index (χ1n) is 4.24. The van der Waals surface area contributed by atoms with Crippen molar-refractivity contribution in [1.29, 1.82) is 0 Å². The van der Waals surface area contributed by atoms with Crippen LogP contribution in [0.25, 0.3) is 0 Å². The lowest BCUT2D eigenvalue weighted by Crippen LogP contribution is -2.01. The van der Waals surface area contributed by atoms with Gasteiger partial charge in [-0.15, -0.1) is 0 Å². The number of nitrogens with zero attached hydrogens (tertiary/aromatic N) is 2. The molecule has 2 atom stereocenters. The van der Waals surface area contributed by atoms with Gasteiger partial charge in [-0.2, -0.15) is 0 Å². The Morgan fingerprint density at radius 2 is 2.23 bits per heavy atom. The van der Waals surface area contributed by atoms with Crippen LogP contribution in [-0.4, -0.2) is 21.0 Å². The molecule has 1 N–H and O–H groups in total. The van der Waals surface area contributed by atoms with E-state index in [0.29, 0.717) is 5.92 Å². The fourth-order valence-corrected chi connectivity index (χ4v) is 1.51.